The summed E-state index contributed by atoms with van der Waals surface area (Å²) in [5.74, 6) is 1.21. The van der Waals surface area contributed by atoms with Crippen molar-refractivity contribution in [1.29, 1.82) is 0 Å². The van der Waals surface area contributed by atoms with Gasteiger partial charge in [-0.2, -0.15) is 0 Å². The Balaban J connectivity index is 2.25. The number of nitrogens with zero attached hydrogens (tertiary/aromatic N) is 2. The predicted molar refractivity (Wildman–Crippen MR) is 59.4 cm³/mol. The van der Waals surface area contributed by atoms with E-state index >= 15 is 0 Å². The number of thioether (sulfide) groups is 1. The van der Waals surface area contributed by atoms with Gasteiger partial charge in [-0.1, -0.05) is 25.6 Å². The summed E-state index contributed by atoms with van der Waals surface area (Å²) in [6, 6.07) is 0. The van der Waals surface area contributed by atoms with Crippen molar-refractivity contribution in [3.8, 4) is 0 Å². The van der Waals surface area contributed by atoms with E-state index in [1.807, 2.05) is 13.3 Å². The van der Waals surface area contributed by atoms with Gasteiger partial charge in [0, 0.05) is 7.05 Å². The van der Waals surface area contributed by atoms with E-state index in [0.717, 1.165) is 11.6 Å². The van der Waals surface area contributed by atoms with Gasteiger partial charge in [0.1, 0.15) is 5.54 Å². The van der Waals surface area contributed by atoms with Crippen molar-refractivity contribution in [3.63, 3.8) is 0 Å². The van der Waals surface area contributed by atoms with Crippen molar-refractivity contribution < 1.29 is 4.79 Å². The molecule has 3 nitrogen and oxygen atoms in total. The molecular weight excluding hydrogens is 196 g/mol. The van der Waals surface area contributed by atoms with Crippen LogP contribution in [0.4, 0.5) is 0 Å². The van der Waals surface area contributed by atoms with Crippen molar-refractivity contribution in [2.45, 2.75) is 25.8 Å². The molecule has 78 valence electrons. The third-order valence-electron chi connectivity index (χ3n) is 3.23. The number of carbonyl (C=O) groups is 1. The van der Waals surface area contributed by atoms with E-state index in [2.05, 4.69) is 18.8 Å². The lowest BCUT2D eigenvalue weighted by Crippen LogP contribution is -2.32. The van der Waals surface area contributed by atoms with Crippen LogP contribution < -0.4 is 0 Å². The van der Waals surface area contributed by atoms with Crippen LogP contribution in [0.1, 0.15) is 20.3 Å². The summed E-state index contributed by atoms with van der Waals surface area (Å²) in [7, 11) is 1.82. The number of likely N-dealkylation sites (N-methyl/N-ethyl adjacent to an activating group) is 1. The second-order valence-corrected chi connectivity index (χ2v) is 5.21. The van der Waals surface area contributed by atoms with Crippen LogP contribution in [0.25, 0.3) is 0 Å². The molecule has 0 N–H and O–H groups in total. The van der Waals surface area contributed by atoms with Gasteiger partial charge in [-0.25, -0.2) is 4.99 Å². The summed E-state index contributed by atoms with van der Waals surface area (Å²) in [4.78, 5) is 18.2. The molecule has 14 heavy (non-hydrogen) atoms. The van der Waals surface area contributed by atoms with E-state index in [9.17, 15) is 4.79 Å². The van der Waals surface area contributed by atoms with Gasteiger partial charge < -0.3 is 0 Å². The third-order valence-corrected chi connectivity index (χ3v) is 3.96. The number of hydrogen-bond acceptors (Lipinski definition) is 3. The molecule has 4 heteroatoms. The number of rotatable bonds is 1. The van der Waals surface area contributed by atoms with Crippen LogP contribution in [0.2, 0.25) is 0 Å². The van der Waals surface area contributed by atoms with E-state index in [1.54, 1.807) is 16.7 Å². The van der Waals surface area contributed by atoms with E-state index in [-0.39, 0.29) is 11.4 Å². The molecule has 0 aromatic heterocycles. The number of hydrogen-bond donors (Lipinski definition) is 0. The van der Waals surface area contributed by atoms with Crippen LogP contribution in [-0.4, -0.2) is 34.8 Å². The fourth-order valence-corrected chi connectivity index (χ4v) is 2.90. The lowest BCUT2D eigenvalue weighted by atomic mass is 10.0. The molecule has 0 bridgehead atoms. The number of aliphatic imine (C=N–C) groups is 1. The molecule has 1 unspecified atom stereocenters. The highest BCUT2D eigenvalue weighted by Gasteiger charge is 2.65. The Morgan fingerprint density at radius 1 is 1.64 bits per heavy atom. The Kier molecular flexibility index (Phi) is 2.14. The SMILES string of the molecule is CSC1=NC2(C[C@@H]2C(C)C)C(=O)N1C. The van der Waals surface area contributed by atoms with E-state index in [0.29, 0.717) is 11.8 Å². The normalized spacial score (nSPS) is 35.8. The van der Waals surface area contributed by atoms with Crippen molar-refractivity contribution in [1.82, 2.24) is 4.90 Å². The summed E-state index contributed by atoms with van der Waals surface area (Å²) in [5.41, 5.74) is -0.360. The zero-order chi connectivity index (χ0) is 10.5. The maximum absolute atomic E-state index is 12.0. The Morgan fingerprint density at radius 3 is 2.64 bits per heavy atom. The minimum Gasteiger partial charge on any atom is -0.293 e. The first kappa shape index (κ1) is 10.0. The first-order valence-electron chi connectivity index (χ1n) is 4.95. The maximum atomic E-state index is 12.0. The zero-order valence-corrected chi connectivity index (χ0v) is 9.89. The lowest BCUT2D eigenvalue weighted by Gasteiger charge is -2.11. The van der Waals surface area contributed by atoms with Gasteiger partial charge in [-0.15, -0.1) is 0 Å². The van der Waals surface area contributed by atoms with Crippen LogP contribution in [0.15, 0.2) is 4.99 Å². The first-order chi connectivity index (χ1) is 6.53. The van der Waals surface area contributed by atoms with Crippen LogP contribution in [0.5, 0.6) is 0 Å². The average Bonchev–Trinajstić information content (AvgIpc) is 2.82. The van der Waals surface area contributed by atoms with Crippen molar-refractivity contribution in [3.05, 3.63) is 0 Å². The highest BCUT2D eigenvalue weighted by Crippen LogP contribution is 2.55. The van der Waals surface area contributed by atoms with E-state index < -0.39 is 0 Å². The van der Waals surface area contributed by atoms with Crippen molar-refractivity contribution in [2.24, 2.45) is 16.8 Å². The summed E-state index contributed by atoms with van der Waals surface area (Å²) in [6.07, 6.45) is 2.91. The van der Waals surface area contributed by atoms with Crippen LogP contribution in [0.3, 0.4) is 0 Å². The van der Waals surface area contributed by atoms with Gasteiger partial charge in [0.25, 0.3) is 5.91 Å². The summed E-state index contributed by atoms with van der Waals surface area (Å²) >= 11 is 1.56. The molecule has 2 atom stereocenters. The Labute approximate surface area is 89.0 Å². The lowest BCUT2D eigenvalue weighted by molar-refractivity contribution is -0.127. The number of amides is 1. The molecule has 1 aliphatic carbocycles. The van der Waals surface area contributed by atoms with Crippen LogP contribution in [-0.2, 0) is 4.79 Å². The highest BCUT2D eigenvalue weighted by molar-refractivity contribution is 8.13. The maximum Gasteiger partial charge on any atom is 0.256 e. The van der Waals surface area contributed by atoms with E-state index in [1.165, 1.54) is 0 Å². The van der Waals surface area contributed by atoms with Crippen molar-refractivity contribution in [2.75, 3.05) is 13.3 Å². The summed E-state index contributed by atoms with van der Waals surface area (Å²) in [5, 5.41) is 0.873. The first-order valence-corrected chi connectivity index (χ1v) is 6.17. The Hall–Kier alpha value is -0.510. The standard InChI is InChI=1S/C10H16N2OS/c1-6(2)7-5-10(7)8(13)12(3)9(11-10)14-4/h6-7H,5H2,1-4H3/t7-,10?/m1/s1. The minimum absolute atomic E-state index is 0.195. The topological polar surface area (TPSA) is 32.7 Å². The average molecular weight is 212 g/mol. The second kappa shape index (κ2) is 2.99. The molecule has 0 radical (unpaired) electrons. The smallest absolute Gasteiger partial charge is 0.256 e. The van der Waals surface area contributed by atoms with Gasteiger partial charge in [-0.05, 0) is 24.5 Å². The van der Waals surface area contributed by atoms with Crippen LogP contribution >= 0.6 is 11.8 Å². The van der Waals surface area contributed by atoms with Gasteiger partial charge in [0.15, 0.2) is 5.17 Å². The predicted octanol–water partition coefficient (Wildman–Crippen LogP) is 1.59. The van der Waals surface area contributed by atoms with Gasteiger partial charge in [-0.3, -0.25) is 9.69 Å². The Bertz CT molecular complexity index is 313. The molecule has 1 saturated carbocycles. The van der Waals surface area contributed by atoms with E-state index in [4.69, 9.17) is 0 Å². The largest absolute Gasteiger partial charge is 0.293 e. The van der Waals surface area contributed by atoms with Crippen molar-refractivity contribution >= 4 is 22.8 Å². The molecule has 0 saturated heterocycles. The molecule has 0 aromatic rings. The molecule has 2 aliphatic rings. The monoisotopic (exact) mass is 212 g/mol. The molecule has 1 fully saturated rings. The summed E-state index contributed by atoms with van der Waals surface area (Å²) < 4.78 is 0. The third kappa shape index (κ3) is 1.13. The number of carbonyl (C=O) groups excluding carboxylic acids is 1. The molecule has 0 aromatic carbocycles. The number of amidine groups is 1. The fraction of sp³-hybridized carbons (Fsp3) is 0.800. The van der Waals surface area contributed by atoms with Gasteiger partial charge in [0.2, 0.25) is 0 Å². The molecule has 1 amide bonds. The molecule has 1 heterocycles. The second-order valence-electron chi connectivity index (χ2n) is 4.44. The molecular formula is C10H16N2OS. The molecule has 2 rings (SSSR count). The van der Waals surface area contributed by atoms with Crippen LogP contribution in [0, 0.1) is 11.8 Å². The fourth-order valence-electron chi connectivity index (χ4n) is 2.29. The highest BCUT2D eigenvalue weighted by atomic mass is 32.2. The zero-order valence-electron chi connectivity index (χ0n) is 9.07. The van der Waals surface area contributed by atoms with Gasteiger partial charge in [0.05, 0.1) is 0 Å². The molecule has 1 aliphatic heterocycles. The van der Waals surface area contributed by atoms with Gasteiger partial charge >= 0.3 is 0 Å². The molecule has 1 spiro atoms. The Morgan fingerprint density at radius 2 is 2.29 bits per heavy atom. The summed E-state index contributed by atoms with van der Waals surface area (Å²) in [6.45, 7) is 4.33. The minimum atomic E-state index is -0.360. The quantitative estimate of drug-likeness (QED) is 0.661.